The smallest absolute Gasteiger partial charge is 0.410 e. The van der Waals surface area contributed by atoms with Crippen molar-refractivity contribution in [3.05, 3.63) is 59.2 Å². The highest BCUT2D eigenvalue weighted by Gasteiger charge is 2.40. The number of hydrogen-bond acceptors (Lipinski definition) is 7. The molecule has 1 saturated heterocycles. The third-order valence-corrected chi connectivity index (χ3v) is 9.18. The summed E-state index contributed by atoms with van der Waals surface area (Å²) in [5, 5.41) is 3.54. The zero-order chi connectivity index (χ0) is 31.1. The lowest BCUT2D eigenvalue weighted by molar-refractivity contribution is 0.0463. The number of ether oxygens (including phenoxy) is 4. The molecule has 9 heteroatoms. The summed E-state index contributed by atoms with van der Waals surface area (Å²) >= 11 is 0. The Morgan fingerprint density at radius 1 is 0.932 bits per heavy atom. The first-order valence-corrected chi connectivity index (χ1v) is 16.2. The second kappa shape index (κ2) is 15.1. The Bertz CT molecular complexity index is 1260. The standard InChI is InChI=1S/C35H49N3O6/c1-24(2)37(34(39)27-11-15-32(42-4)33(19-27)43-17-7-16-41-3)22-28-20-36-21-29(28)23-38(30-12-13-30)35(40)44-31-14-10-25-8-5-6-9-26(25)18-31/h5-6,8-9,11,15,19,24,28-31,36H,7,10,12-14,16-18,20-23H2,1-4H3/t28-,29-,31-/m0/s1. The fourth-order valence-corrected chi connectivity index (χ4v) is 6.46. The molecule has 0 unspecified atom stereocenters. The Morgan fingerprint density at radius 2 is 1.68 bits per heavy atom. The van der Waals surface area contributed by atoms with Gasteiger partial charge in [0.05, 0.1) is 13.7 Å². The van der Waals surface area contributed by atoms with Gasteiger partial charge in [-0.3, -0.25) is 4.79 Å². The highest BCUT2D eigenvalue weighted by molar-refractivity contribution is 5.95. The molecule has 2 amide bonds. The van der Waals surface area contributed by atoms with Crippen LogP contribution in [0.3, 0.4) is 0 Å². The molecule has 5 rings (SSSR count). The number of rotatable bonds is 14. The van der Waals surface area contributed by atoms with Crippen molar-refractivity contribution in [3.8, 4) is 11.5 Å². The van der Waals surface area contributed by atoms with E-state index in [2.05, 4.69) is 43.4 Å². The van der Waals surface area contributed by atoms with Crippen molar-refractivity contribution in [2.75, 3.05) is 53.6 Å². The number of fused-ring (bicyclic) bond motifs is 1. The van der Waals surface area contributed by atoms with Crippen LogP contribution in [0.2, 0.25) is 0 Å². The van der Waals surface area contributed by atoms with Gasteiger partial charge in [-0.1, -0.05) is 24.3 Å². The number of nitrogens with zero attached hydrogens (tertiary/aromatic N) is 2. The largest absolute Gasteiger partial charge is 0.493 e. The lowest BCUT2D eigenvalue weighted by Gasteiger charge is -2.34. The van der Waals surface area contributed by atoms with Crippen LogP contribution in [0.4, 0.5) is 4.79 Å². The minimum Gasteiger partial charge on any atom is -0.493 e. The molecule has 0 spiro atoms. The first kappa shape index (κ1) is 32.1. The van der Waals surface area contributed by atoms with E-state index >= 15 is 0 Å². The molecule has 0 radical (unpaired) electrons. The molecule has 2 fully saturated rings. The summed E-state index contributed by atoms with van der Waals surface area (Å²) in [5.41, 5.74) is 3.22. The number of carbonyl (C=O) groups excluding carboxylic acids is 2. The summed E-state index contributed by atoms with van der Waals surface area (Å²) in [6.45, 7) is 8.06. The molecule has 1 N–H and O–H groups in total. The molecule has 44 heavy (non-hydrogen) atoms. The van der Waals surface area contributed by atoms with Gasteiger partial charge in [-0.25, -0.2) is 4.79 Å². The average molecular weight is 608 g/mol. The summed E-state index contributed by atoms with van der Waals surface area (Å²) < 4.78 is 22.7. The van der Waals surface area contributed by atoms with Gasteiger partial charge in [0, 0.05) is 70.4 Å². The Morgan fingerprint density at radius 3 is 2.39 bits per heavy atom. The van der Waals surface area contributed by atoms with Crippen molar-refractivity contribution in [1.82, 2.24) is 15.1 Å². The van der Waals surface area contributed by atoms with Gasteiger partial charge < -0.3 is 34.1 Å². The number of nitrogens with one attached hydrogen (secondary N) is 1. The first-order chi connectivity index (χ1) is 21.4. The Balaban J connectivity index is 1.22. The van der Waals surface area contributed by atoms with E-state index < -0.39 is 0 Å². The fraction of sp³-hybridized carbons (Fsp3) is 0.600. The van der Waals surface area contributed by atoms with Crippen LogP contribution in [0, 0.1) is 11.8 Å². The maximum atomic E-state index is 13.9. The molecule has 2 aromatic carbocycles. The predicted molar refractivity (Wildman–Crippen MR) is 169 cm³/mol. The van der Waals surface area contributed by atoms with Crippen LogP contribution in [0.5, 0.6) is 11.5 Å². The summed E-state index contributed by atoms with van der Waals surface area (Å²) in [6, 6.07) is 14.1. The second-order valence-corrected chi connectivity index (χ2v) is 12.7. The van der Waals surface area contributed by atoms with Crippen LogP contribution in [-0.2, 0) is 22.3 Å². The van der Waals surface area contributed by atoms with Crippen molar-refractivity contribution in [2.24, 2.45) is 11.8 Å². The molecule has 3 atom stereocenters. The summed E-state index contributed by atoms with van der Waals surface area (Å²) in [5.74, 6) is 1.57. The van der Waals surface area contributed by atoms with Gasteiger partial charge in [0.1, 0.15) is 6.10 Å². The minimum absolute atomic E-state index is 0.00982. The third kappa shape index (κ3) is 8.04. The zero-order valence-electron chi connectivity index (χ0n) is 26.8. The van der Waals surface area contributed by atoms with E-state index in [0.717, 1.165) is 51.6 Å². The van der Waals surface area contributed by atoms with Crippen LogP contribution in [-0.4, -0.2) is 93.6 Å². The van der Waals surface area contributed by atoms with Gasteiger partial charge in [0.2, 0.25) is 0 Å². The van der Waals surface area contributed by atoms with Crippen molar-refractivity contribution >= 4 is 12.0 Å². The number of carbonyl (C=O) groups is 2. The van der Waals surface area contributed by atoms with Crippen molar-refractivity contribution in [3.63, 3.8) is 0 Å². The van der Waals surface area contributed by atoms with Gasteiger partial charge in [-0.2, -0.15) is 0 Å². The second-order valence-electron chi connectivity index (χ2n) is 12.7. The van der Waals surface area contributed by atoms with Gasteiger partial charge in [-0.15, -0.1) is 0 Å². The van der Waals surface area contributed by atoms with Crippen molar-refractivity contribution in [2.45, 2.75) is 70.6 Å². The maximum absolute atomic E-state index is 13.9. The highest BCUT2D eigenvalue weighted by atomic mass is 16.6. The Hall–Kier alpha value is -3.30. The van der Waals surface area contributed by atoms with Crippen molar-refractivity contribution < 1.29 is 28.5 Å². The topological polar surface area (TPSA) is 89.6 Å². The molecule has 2 aliphatic carbocycles. The number of benzene rings is 2. The van der Waals surface area contributed by atoms with Crippen LogP contribution < -0.4 is 14.8 Å². The van der Waals surface area contributed by atoms with Gasteiger partial charge in [-0.05, 0) is 80.7 Å². The number of methoxy groups -OCH3 is 2. The molecule has 0 aromatic heterocycles. The molecule has 1 aliphatic heterocycles. The SMILES string of the molecule is COCCCOc1cc(C(=O)N(C[C@@H]2CNC[C@H]2CN(C(=O)O[C@H]2CCc3ccccc3C2)C2CC2)C(C)C)ccc1OC. The summed E-state index contributed by atoms with van der Waals surface area (Å²) in [7, 11) is 3.26. The monoisotopic (exact) mass is 607 g/mol. The Kier molecular flexibility index (Phi) is 11.0. The Labute approximate surface area is 262 Å². The van der Waals surface area contributed by atoms with Crippen molar-refractivity contribution in [1.29, 1.82) is 0 Å². The minimum atomic E-state index is -0.185. The van der Waals surface area contributed by atoms with E-state index in [1.54, 1.807) is 32.4 Å². The third-order valence-electron chi connectivity index (χ3n) is 9.18. The van der Waals surface area contributed by atoms with Gasteiger partial charge in [0.25, 0.3) is 5.91 Å². The van der Waals surface area contributed by atoms with E-state index in [1.807, 2.05) is 9.80 Å². The van der Waals surface area contributed by atoms with Crippen LogP contribution in [0.1, 0.15) is 61.0 Å². The van der Waals surface area contributed by atoms with E-state index in [-0.39, 0.29) is 42.0 Å². The molecule has 1 heterocycles. The predicted octanol–water partition coefficient (Wildman–Crippen LogP) is 4.96. The number of aryl methyl sites for hydroxylation is 1. The molecule has 3 aliphatic rings. The fourth-order valence-electron chi connectivity index (χ4n) is 6.46. The lowest BCUT2D eigenvalue weighted by Crippen LogP contribution is -2.45. The van der Waals surface area contributed by atoms with Crippen LogP contribution in [0.15, 0.2) is 42.5 Å². The lowest BCUT2D eigenvalue weighted by atomic mass is 9.90. The number of hydrogen-bond donors (Lipinski definition) is 1. The summed E-state index contributed by atoms with van der Waals surface area (Å²) in [6.07, 6.45) is 5.12. The molecule has 2 aromatic rings. The van der Waals surface area contributed by atoms with E-state index in [0.29, 0.717) is 43.4 Å². The maximum Gasteiger partial charge on any atom is 0.410 e. The molecule has 0 bridgehead atoms. The van der Waals surface area contributed by atoms with Crippen LogP contribution in [0.25, 0.3) is 0 Å². The molecule has 1 saturated carbocycles. The molecular formula is C35H49N3O6. The molecule has 9 nitrogen and oxygen atoms in total. The van der Waals surface area contributed by atoms with Crippen LogP contribution >= 0.6 is 0 Å². The first-order valence-electron chi connectivity index (χ1n) is 16.2. The van der Waals surface area contributed by atoms with E-state index in [9.17, 15) is 9.59 Å². The summed E-state index contributed by atoms with van der Waals surface area (Å²) in [4.78, 5) is 31.3. The van der Waals surface area contributed by atoms with Gasteiger partial charge in [0.15, 0.2) is 11.5 Å². The molecular weight excluding hydrogens is 558 g/mol. The molecule has 240 valence electrons. The number of amides is 2. The average Bonchev–Trinajstić information content (AvgIpc) is 3.78. The normalized spacial score (nSPS) is 21.1. The highest BCUT2D eigenvalue weighted by Crippen LogP contribution is 2.33. The van der Waals surface area contributed by atoms with E-state index in [1.165, 1.54) is 11.1 Å². The zero-order valence-corrected chi connectivity index (χ0v) is 26.8. The van der Waals surface area contributed by atoms with Gasteiger partial charge >= 0.3 is 6.09 Å². The van der Waals surface area contributed by atoms with E-state index in [4.69, 9.17) is 18.9 Å². The quantitative estimate of drug-likeness (QED) is 0.304.